The van der Waals surface area contributed by atoms with Gasteiger partial charge >= 0.3 is 0 Å². The molecule has 4 aliphatic rings. The van der Waals surface area contributed by atoms with E-state index < -0.39 is 67.1 Å². The second-order valence-electron chi connectivity index (χ2n) is 16.6. The molecule has 67 heavy (non-hydrogen) atoms. The predicted octanol–water partition coefficient (Wildman–Crippen LogP) is 6.88. The van der Waals surface area contributed by atoms with E-state index in [0.717, 1.165) is 21.5 Å². The second kappa shape index (κ2) is 17.1. The lowest BCUT2D eigenvalue weighted by atomic mass is 9.96. The fourth-order valence-corrected chi connectivity index (χ4v) is 11.3. The minimum absolute atomic E-state index is 0.0760. The quantitative estimate of drug-likeness (QED) is 0.0729. The Balaban J connectivity index is 0.977. The van der Waals surface area contributed by atoms with Gasteiger partial charge in [-0.25, -0.2) is 0 Å². The minimum atomic E-state index is -4.91. The molecule has 6 atom stereocenters. The van der Waals surface area contributed by atoms with Crippen molar-refractivity contribution in [1.29, 1.82) is 0 Å². The van der Waals surface area contributed by atoms with Gasteiger partial charge in [0, 0.05) is 48.1 Å². The SMILES string of the molecule is COc1ccc2c(c1)C(=O)N1C=C(c3ccc4ccccc4c3)C(OCCCOC3C(c4ccc5ccccc5c4)=CN4C(=O)c5cc(OC)ccc5NC(S(=O)(=O)O)[C@H]34)[C@H]1C(S(=O)(=O)O)N2. The molecule has 6 aromatic rings. The Morgan fingerprint density at radius 2 is 0.940 bits per heavy atom. The van der Waals surface area contributed by atoms with Gasteiger partial charge < -0.3 is 39.4 Å². The van der Waals surface area contributed by atoms with Crippen molar-refractivity contribution in [3.05, 3.63) is 156 Å². The van der Waals surface area contributed by atoms with Crippen LogP contribution in [0.1, 0.15) is 38.3 Å². The molecule has 0 aliphatic carbocycles. The van der Waals surface area contributed by atoms with Crippen LogP contribution in [-0.4, -0.2) is 110 Å². The third-order valence-corrected chi connectivity index (χ3v) is 14.8. The number of benzene rings is 6. The van der Waals surface area contributed by atoms with E-state index in [9.17, 15) is 35.5 Å². The van der Waals surface area contributed by atoms with Crippen molar-refractivity contribution >= 4 is 76.1 Å². The molecule has 16 nitrogen and oxygen atoms in total. The molecule has 0 saturated heterocycles. The Morgan fingerprint density at radius 3 is 1.33 bits per heavy atom. The fraction of sp³-hybridized carbons (Fsp3) is 0.224. The largest absolute Gasteiger partial charge is 0.497 e. The summed E-state index contributed by atoms with van der Waals surface area (Å²) >= 11 is 0. The Morgan fingerprint density at radius 1 is 0.537 bits per heavy atom. The number of anilines is 2. The van der Waals surface area contributed by atoms with Crippen LogP contribution in [0.3, 0.4) is 0 Å². The van der Waals surface area contributed by atoms with E-state index in [1.165, 1.54) is 48.3 Å². The Bertz CT molecular complexity index is 3070. The molecular weight excluding hydrogens is 901 g/mol. The van der Waals surface area contributed by atoms with E-state index in [4.69, 9.17) is 18.9 Å². The van der Waals surface area contributed by atoms with Gasteiger partial charge in [0.15, 0.2) is 10.7 Å². The van der Waals surface area contributed by atoms with Crippen LogP contribution in [-0.2, 0) is 29.7 Å². The van der Waals surface area contributed by atoms with Crippen LogP contribution in [0, 0.1) is 0 Å². The zero-order chi connectivity index (χ0) is 46.8. The number of carbonyl (C=O) groups is 2. The molecule has 0 aromatic heterocycles. The van der Waals surface area contributed by atoms with Crippen LogP contribution in [0.25, 0.3) is 32.7 Å². The minimum Gasteiger partial charge on any atom is -0.497 e. The zero-order valence-electron chi connectivity index (χ0n) is 36.0. The van der Waals surface area contributed by atoms with Crippen LogP contribution in [0.4, 0.5) is 11.4 Å². The van der Waals surface area contributed by atoms with Crippen LogP contribution in [0.2, 0.25) is 0 Å². The number of ether oxygens (including phenoxy) is 4. The lowest BCUT2D eigenvalue weighted by Crippen LogP contribution is -2.53. The van der Waals surface area contributed by atoms with Gasteiger partial charge in [-0.1, -0.05) is 72.8 Å². The number of hydrogen-bond donors (Lipinski definition) is 4. The number of fused-ring (bicyclic) bond motifs is 6. The molecular formula is C49H44N4O12S2. The number of methoxy groups -OCH3 is 2. The number of carbonyl (C=O) groups excluding carboxylic acids is 2. The molecule has 4 unspecified atom stereocenters. The predicted molar refractivity (Wildman–Crippen MR) is 252 cm³/mol. The molecule has 0 saturated carbocycles. The van der Waals surface area contributed by atoms with Gasteiger partial charge in [-0.15, -0.1) is 0 Å². The lowest BCUT2D eigenvalue weighted by molar-refractivity contribution is 0.0109. The van der Waals surface area contributed by atoms with E-state index in [-0.39, 0.29) is 42.1 Å². The summed E-state index contributed by atoms with van der Waals surface area (Å²) in [7, 11) is -6.92. The topological polar surface area (TPSA) is 210 Å². The first-order valence-corrected chi connectivity index (χ1v) is 24.3. The smallest absolute Gasteiger partial charge is 0.288 e. The van der Waals surface area contributed by atoms with Crippen LogP contribution >= 0.6 is 0 Å². The maximum absolute atomic E-state index is 14.4. The van der Waals surface area contributed by atoms with Gasteiger partial charge in [-0.2, -0.15) is 16.8 Å². The van der Waals surface area contributed by atoms with E-state index in [0.29, 0.717) is 33.8 Å². The number of rotatable bonds is 12. The lowest BCUT2D eigenvalue weighted by Gasteiger charge is -2.33. The molecule has 18 heteroatoms. The van der Waals surface area contributed by atoms with E-state index in [2.05, 4.69) is 10.6 Å². The maximum atomic E-state index is 14.4. The summed E-state index contributed by atoms with van der Waals surface area (Å²) in [6, 6.07) is 33.3. The molecule has 0 fully saturated rings. The van der Waals surface area contributed by atoms with Crippen molar-refractivity contribution in [2.45, 2.75) is 41.5 Å². The van der Waals surface area contributed by atoms with Crippen molar-refractivity contribution in [2.75, 3.05) is 38.1 Å². The molecule has 4 aliphatic heterocycles. The summed E-state index contributed by atoms with van der Waals surface area (Å²) in [4.78, 5) is 31.4. The molecule has 0 radical (unpaired) electrons. The molecule has 4 heterocycles. The van der Waals surface area contributed by atoms with E-state index in [1.807, 2.05) is 84.9 Å². The van der Waals surface area contributed by atoms with Crippen molar-refractivity contribution < 1.29 is 54.5 Å². The second-order valence-corrected chi connectivity index (χ2v) is 19.7. The average molecular weight is 945 g/mol. The van der Waals surface area contributed by atoms with Gasteiger partial charge in [-0.05, 0) is 87.6 Å². The zero-order valence-corrected chi connectivity index (χ0v) is 37.6. The van der Waals surface area contributed by atoms with E-state index >= 15 is 0 Å². The highest BCUT2D eigenvalue weighted by Crippen LogP contribution is 2.43. The first kappa shape index (κ1) is 44.1. The summed E-state index contributed by atoms with van der Waals surface area (Å²) in [5.74, 6) is -0.376. The first-order chi connectivity index (χ1) is 32.2. The van der Waals surface area contributed by atoms with Crippen molar-refractivity contribution in [1.82, 2.24) is 9.80 Å². The number of amides is 2. The Labute approximate surface area is 385 Å². The third kappa shape index (κ3) is 8.04. The summed E-state index contributed by atoms with van der Waals surface area (Å²) in [6.45, 7) is -0.152. The standard InChI is InChI=1S/C49H44N4O12S2/c1-62-34-16-18-40-36(24-34)48(54)52-26-38(32-14-12-28-8-3-5-10-30(28)22-32)44(42(52)46(50-40)66(56,57)58)64-20-7-21-65-45-39(33-15-13-29-9-4-6-11-31(29)23-33)27-53-43(45)47(67(59,60)61)51-41-19-17-35(63-2)25-37(41)49(53)55/h3-6,8-19,22-27,42-47,50-51H,7,20-21H2,1-2H3,(H,56,57,58)(H,59,60,61)/t42-,43-,44?,45?,46?,47?/m0/s1. The first-order valence-electron chi connectivity index (χ1n) is 21.3. The Hall–Kier alpha value is -6.80. The van der Waals surface area contributed by atoms with Gasteiger partial charge in [0.25, 0.3) is 32.1 Å². The van der Waals surface area contributed by atoms with Crippen LogP contribution in [0.15, 0.2) is 134 Å². The molecule has 344 valence electrons. The number of hydrogen-bond acceptors (Lipinski definition) is 12. The molecule has 0 spiro atoms. The van der Waals surface area contributed by atoms with Crippen molar-refractivity contribution in [2.24, 2.45) is 0 Å². The maximum Gasteiger partial charge on any atom is 0.288 e. The highest BCUT2D eigenvalue weighted by atomic mass is 32.2. The number of nitrogens with one attached hydrogen (secondary N) is 2. The van der Waals surface area contributed by atoms with Gasteiger partial charge in [0.05, 0.1) is 25.3 Å². The number of nitrogens with zero attached hydrogens (tertiary/aromatic N) is 2. The summed E-state index contributed by atoms with van der Waals surface area (Å²) in [5.41, 5.74) is 2.86. The molecule has 0 bridgehead atoms. The highest BCUT2D eigenvalue weighted by molar-refractivity contribution is 7.86. The van der Waals surface area contributed by atoms with Crippen LogP contribution in [0.5, 0.6) is 11.5 Å². The molecule has 2 amide bonds. The monoisotopic (exact) mass is 944 g/mol. The average Bonchev–Trinajstić information content (AvgIpc) is 3.81. The molecule has 4 N–H and O–H groups in total. The van der Waals surface area contributed by atoms with Crippen molar-refractivity contribution in [3.63, 3.8) is 0 Å². The summed E-state index contributed by atoms with van der Waals surface area (Å²) < 4.78 is 98.8. The van der Waals surface area contributed by atoms with Crippen LogP contribution < -0.4 is 20.1 Å². The Kier molecular flexibility index (Phi) is 11.3. The third-order valence-electron chi connectivity index (χ3n) is 12.7. The van der Waals surface area contributed by atoms with Gasteiger partial charge in [0.2, 0.25) is 0 Å². The van der Waals surface area contributed by atoms with E-state index in [1.54, 1.807) is 24.5 Å². The molecule has 6 aromatic carbocycles. The summed E-state index contributed by atoms with van der Waals surface area (Å²) in [6.07, 6.45) is 1.03. The van der Waals surface area contributed by atoms with Gasteiger partial charge in [-0.3, -0.25) is 18.7 Å². The molecule has 10 rings (SSSR count). The van der Waals surface area contributed by atoms with Crippen molar-refractivity contribution in [3.8, 4) is 11.5 Å². The summed E-state index contributed by atoms with van der Waals surface area (Å²) in [5, 5.41) is 6.03. The fourth-order valence-electron chi connectivity index (χ4n) is 9.51. The highest BCUT2D eigenvalue weighted by Gasteiger charge is 2.53. The van der Waals surface area contributed by atoms with Gasteiger partial charge in [0.1, 0.15) is 35.8 Å². The normalized spacial score (nSPS) is 22.4.